The van der Waals surface area contributed by atoms with E-state index >= 15 is 0 Å². The number of carbonyl (C=O) groups is 1. The van der Waals surface area contributed by atoms with Gasteiger partial charge in [-0.15, -0.1) is 0 Å². The van der Waals surface area contributed by atoms with Crippen LogP contribution in [0.5, 0.6) is 11.5 Å². The highest BCUT2D eigenvalue weighted by atomic mass is 16.5. The topological polar surface area (TPSA) is 50.8 Å². The fraction of sp³-hybridized carbons (Fsp3) is 0.632. The van der Waals surface area contributed by atoms with E-state index in [1.807, 2.05) is 19.1 Å². The van der Waals surface area contributed by atoms with Crippen LogP contribution in [-0.2, 0) is 0 Å². The summed E-state index contributed by atoms with van der Waals surface area (Å²) in [7, 11) is 0. The Kier molecular flexibility index (Phi) is 7.37. The molecule has 0 saturated carbocycles. The third-order valence-corrected chi connectivity index (χ3v) is 4.34. The molecule has 1 aliphatic heterocycles. The maximum Gasteiger partial charge on any atom is 0.251 e. The first kappa shape index (κ1) is 18.6. The Balaban J connectivity index is 1.99. The van der Waals surface area contributed by atoms with Crippen molar-refractivity contribution in [2.75, 3.05) is 32.8 Å². The molecule has 2 rings (SSSR count). The van der Waals surface area contributed by atoms with Crippen molar-refractivity contribution in [2.24, 2.45) is 0 Å². The van der Waals surface area contributed by atoms with Gasteiger partial charge in [0.2, 0.25) is 0 Å². The Morgan fingerprint density at radius 1 is 1.17 bits per heavy atom. The predicted molar refractivity (Wildman–Crippen MR) is 96.0 cm³/mol. The molecule has 5 nitrogen and oxygen atoms in total. The first-order valence-electron chi connectivity index (χ1n) is 9.10. The monoisotopic (exact) mass is 334 g/mol. The molecular weight excluding hydrogens is 304 g/mol. The molecule has 0 unspecified atom stereocenters. The van der Waals surface area contributed by atoms with Crippen LogP contribution >= 0.6 is 0 Å². The summed E-state index contributed by atoms with van der Waals surface area (Å²) in [4.78, 5) is 14.9. The van der Waals surface area contributed by atoms with E-state index < -0.39 is 0 Å². The van der Waals surface area contributed by atoms with E-state index in [-0.39, 0.29) is 11.9 Å². The molecule has 134 valence electrons. The number of benzene rings is 1. The van der Waals surface area contributed by atoms with Crippen molar-refractivity contribution in [1.82, 2.24) is 10.2 Å². The van der Waals surface area contributed by atoms with Crippen molar-refractivity contribution in [3.05, 3.63) is 23.8 Å². The number of hydrogen-bond acceptors (Lipinski definition) is 4. The van der Waals surface area contributed by atoms with Crippen LogP contribution in [0.1, 0.15) is 50.4 Å². The number of likely N-dealkylation sites (tertiary alicyclic amines) is 1. The summed E-state index contributed by atoms with van der Waals surface area (Å²) < 4.78 is 11.3. The molecule has 1 heterocycles. The minimum Gasteiger partial charge on any atom is -0.490 e. The highest BCUT2D eigenvalue weighted by molar-refractivity contribution is 5.95. The smallest absolute Gasteiger partial charge is 0.251 e. The molecule has 1 fully saturated rings. The quantitative estimate of drug-likeness (QED) is 0.794. The second-order valence-corrected chi connectivity index (χ2v) is 6.12. The molecule has 5 heteroatoms. The zero-order valence-corrected chi connectivity index (χ0v) is 15.1. The van der Waals surface area contributed by atoms with E-state index in [0.29, 0.717) is 30.3 Å². The van der Waals surface area contributed by atoms with Crippen molar-refractivity contribution < 1.29 is 14.3 Å². The maximum atomic E-state index is 12.5. The average molecular weight is 334 g/mol. The summed E-state index contributed by atoms with van der Waals surface area (Å²) >= 11 is 0. The second kappa shape index (κ2) is 9.52. The summed E-state index contributed by atoms with van der Waals surface area (Å²) in [6.07, 6.45) is 2.95. The third-order valence-electron chi connectivity index (χ3n) is 4.34. The Morgan fingerprint density at radius 3 is 2.54 bits per heavy atom. The lowest BCUT2D eigenvalue weighted by molar-refractivity contribution is 0.0912. The van der Waals surface area contributed by atoms with Gasteiger partial charge in [0.1, 0.15) is 0 Å². The highest BCUT2D eigenvalue weighted by Gasteiger charge is 2.20. The molecule has 0 atom stereocenters. The molecule has 0 radical (unpaired) electrons. The van der Waals surface area contributed by atoms with E-state index in [1.54, 1.807) is 6.07 Å². The van der Waals surface area contributed by atoms with Crippen LogP contribution in [0.3, 0.4) is 0 Å². The van der Waals surface area contributed by atoms with Gasteiger partial charge in [0.05, 0.1) is 13.2 Å². The molecule has 1 amide bonds. The van der Waals surface area contributed by atoms with Crippen LogP contribution in [0.2, 0.25) is 0 Å². The van der Waals surface area contributed by atoms with Gasteiger partial charge >= 0.3 is 0 Å². The molecule has 1 saturated heterocycles. The van der Waals surface area contributed by atoms with E-state index in [1.165, 1.54) is 0 Å². The minimum atomic E-state index is -0.0343. The molecule has 1 aromatic rings. The highest BCUT2D eigenvalue weighted by Crippen LogP contribution is 2.28. The number of nitrogens with zero attached hydrogens (tertiary/aromatic N) is 1. The van der Waals surface area contributed by atoms with Crippen molar-refractivity contribution in [2.45, 2.75) is 46.1 Å². The van der Waals surface area contributed by atoms with Gasteiger partial charge in [-0.05, 0) is 50.9 Å². The second-order valence-electron chi connectivity index (χ2n) is 6.12. The molecule has 0 aliphatic carbocycles. The Hall–Kier alpha value is -1.75. The molecule has 1 aliphatic rings. The fourth-order valence-corrected chi connectivity index (χ4v) is 2.91. The minimum absolute atomic E-state index is 0.0343. The molecular formula is C19H30N2O3. The number of hydrogen-bond donors (Lipinski definition) is 1. The molecule has 0 spiro atoms. The van der Waals surface area contributed by atoms with Gasteiger partial charge in [0.15, 0.2) is 11.5 Å². The summed E-state index contributed by atoms with van der Waals surface area (Å²) in [5.74, 6) is 1.30. The van der Waals surface area contributed by atoms with Crippen molar-refractivity contribution >= 4 is 5.91 Å². The van der Waals surface area contributed by atoms with Gasteiger partial charge in [-0.1, -0.05) is 13.8 Å². The third kappa shape index (κ3) is 5.13. The first-order chi connectivity index (χ1) is 11.7. The van der Waals surface area contributed by atoms with E-state index in [9.17, 15) is 4.79 Å². The summed E-state index contributed by atoms with van der Waals surface area (Å²) in [6, 6.07) is 5.68. The number of amides is 1. The van der Waals surface area contributed by atoms with Gasteiger partial charge in [-0.3, -0.25) is 4.79 Å². The lowest BCUT2D eigenvalue weighted by atomic mass is 10.0. The SMILES string of the molecule is CCCOc1ccc(C(=O)NC2CCN(CC)CC2)cc1OCC. The molecule has 0 aromatic heterocycles. The molecule has 0 bridgehead atoms. The van der Waals surface area contributed by atoms with E-state index in [0.717, 1.165) is 38.9 Å². The normalized spacial score (nSPS) is 16.0. The zero-order valence-electron chi connectivity index (χ0n) is 15.1. The maximum absolute atomic E-state index is 12.5. The number of ether oxygens (including phenoxy) is 2. The Bertz CT molecular complexity index is 525. The lowest BCUT2D eigenvalue weighted by Crippen LogP contribution is -2.44. The number of nitrogens with one attached hydrogen (secondary N) is 1. The van der Waals surface area contributed by atoms with Crippen LogP contribution < -0.4 is 14.8 Å². The van der Waals surface area contributed by atoms with Crippen molar-refractivity contribution in [1.29, 1.82) is 0 Å². The van der Waals surface area contributed by atoms with E-state index in [2.05, 4.69) is 24.1 Å². The zero-order chi connectivity index (χ0) is 17.4. The average Bonchev–Trinajstić information content (AvgIpc) is 2.61. The van der Waals surface area contributed by atoms with Crippen LogP contribution in [0.15, 0.2) is 18.2 Å². The largest absolute Gasteiger partial charge is 0.490 e. The number of rotatable bonds is 8. The van der Waals surface area contributed by atoms with Crippen molar-refractivity contribution in [3.8, 4) is 11.5 Å². The van der Waals surface area contributed by atoms with Crippen LogP contribution in [0, 0.1) is 0 Å². The van der Waals surface area contributed by atoms with Gasteiger partial charge < -0.3 is 19.7 Å². The fourth-order valence-electron chi connectivity index (χ4n) is 2.91. The van der Waals surface area contributed by atoms with Gasteiger partial charge in [-0.2, -0.15) is 0 Å². The number of piperidine rings is 1. The molecule has 1 N–H and O–H groups in total. The standard InChI is InChI=1S/C19H30N2O3/c1-4-13-24-17-8-7-15(14-18(17)23-6-3)19(22)20-16-9-11-21(5-2)12-10-16/h7-8,14,16H,4-6,9-13H2,1-3H3,(H,20,22). The number of carbonyl (C=O) groups excluding carboxylic acids is 1. The van der Waals surface area contributed by atoms with Gasteiger partial charge in [0.25, 0.3) is 5.91 Å². The Labute approximate surface area is 145 Å². The van der Waals surface area contributed by atoms with Crippen LogP contribution in [-0.4, -0.2) is 49.7 Å². The van der Waals surface area contributed by atoms with Crippen molar-refractivity contribution in [3.63, 3.8) is 0 Å². The molecule has 24 heavy (non-hydrogen) atoms. The Morgan fingerprint density at radius 2 is 1.92 bits per heavy atom. The lowest BCUT2D eigenvalue weighted by Gasteiger charge is -2.31. The van der Waals surface area contributed by atoms with E-state index in [4.69, 9.17) is 9.47 Å². The summed E-state index contributed by atoms with van der Waals surface area (Å²) in [5.41, 5.74) is 0.625. The summed E-state index contributed by atoms with van der Waals surface area (Å²) in [6.45, 7) is 10.5. The first-order valence-corrected chi connectivity index (χ1v) is 9.10. The molecule has 1 aromatic carbocycles. The van der Waals surface area contributed by atoms with Gasteiger partial charge in [-0.25, -0.2) is 0 Å². The summed E-state index contributed by atoms with van der Waals surface area (Å²) in [5, 5.41) is 3.15. The van der Waals surface area contributed by atoms with Crippen LogP contribution in [0.4, 0.5) is 0 Å². The predicted octanol–water partition coefficient (Wildman–Crippen LogP) is 3.09. The van der Waals surface area contributed by atoms with Gasteiger partial charge in [0, 0.05) is 24.7 Å². The van der Waals surface area contributed by atoms with Crippen LogP contribution in [0.25, 0.3) is 0 Å².